The number of aliphatic hydroxyl groups is 1. The minimum Gasteiger partial charge on any atom is -0.393 e. The number of hydrogen-bond acceptors (Lipinski definition) is 2. The van der Waals surface area contributed by atoms with Crippen LogP contribution in [-0.4, -0.2) is 23.8 Å². The Bertz CT molecular complexity index is 239. The van der Waals surface area contributed by atoms with Crippen LogP contribution in [0.5, 0.6) is 0 Å². The van der Waals surface area contributed by atoms with Crippen LogP contribution in [0.1, 0.15) is 65.2 Å². The molecule has 2 N–H and O–H groups in total. The molecule has 3 unspecified atom stereocenters. The van der Waals surface area contributed by atoms with Crippen LogP contribution in [0.2, 0.25) is 0 Å². The molecule has 2 aliphatic rings. The average molecular weight is 239 g/mol. The Labute approximate surface area is 106 Å². The van der Waals surface area contributed by atoms with E-state index in [1.807, 2.05) is 0 Å². The summed E-state index contributed by atoms with van der Waals surface area (Å²) < 4.78 is 0. The monoisotopic (exact) mass is 239 g/mol. The third-order valence-electron chi connectivity index (χ3n) is 4.92. The van der Waals surface area contributed by atoms with Gasteiger partial charge in [0.2, 0.25) is 0 Å². The molecule has 2 aliphatic carbocycles. The normalized spacial score (nSPS) is 37.9. The van der Waals surface area contributed by atoms with E-state index in [-0.39, 0.29) is 6.10 Å². The lowest BCUT2D eigenvalue weighted by Crippen LogP contribution is -2.46. The van der Waals surface area contributed by atoms with E-state index in [1.165, 1.54) is 38.5 Å². The lowest BCUT2D eigenvalue weighted by atomic mass is 9.73. The highest BCUT2D eigenvalue weighted by molar-refractivity contribution is 4.88. The molecule has 0 aromatic carbocycles. The topological polar surface area (TPSA) is 32.3 Å². The number of rotatable bonds is 3. The van der Waals surface area contributed by atoms with Crippen LogP contribution in [-0.2, 0) is 0 Å². The molecule has 0 aliphatic heterocycles. The molecule has 3 atom stereocenters. The summed E-state index contributed by atoms with van der Waals surface area (Å²) in [6, 6.07) is 0.690. The van der Waals surface area contributed by atoms with Crippen molar-refractivity contribution in [1.29, 1.82) is 0 Å². The summed E-state index contributed by atoms with van der Waals surface area (Å²) in [4.78, 5) is 0. The van der Waals surface area contributed by atoms with Crippen molar-refractivity contribution in [1.82, 2.24) is 5.32 Å². The Morgan fingerprint density at radius 2 is 1.94 bits per heavy atom. The van der Waals surface area contributed by atoms with Gasteiger partial charge < -0.3 is 10.4 Å². The lowest BCUT2D eigenvalue weighted by Gasteiger charge is -2.40. The highest BCUT2D eigenvalue weighted by atomic mass is 16.3. The van der Waals surface area contributed by atoms with Crippen molar-refractivity contribution < 1.29 is 5.11 Å². The van der Waals surface area contributed by atoms with Crippen LogP contribution in [0.25, 0.3) is 0 Å². The molecule has 0 bridgehead atoms. The first kappa shape index (κ1) is 13.4. The van der Waals surface area contributed by atoms with Crippen molar-refractivity contribution in [3.63, 3.8) is 0 Å². The maximum absolute atomic E-state index is 9.69. The van der Waals surface area contributed by atoms with Gasteiger partial charge in [-0.25, -0.2) is 0 Å². The second kappa shape index (κ2) is 5.71. The number of aliphatic hydroxyl groups excluding tert-OH is 1. The van der Waals surface area contributed by atoms with E-state index in [9.17, 15) is 5.11 Å². The van der Waals surface area contributed by atoms with Crippen molar-refractivity contribution >= 4 is 0 Å². The van der Waals surface area contributed by atoms with E-state index in [4.69, 9.17) is 0 Å². The molecule has 0 amide bonds. The second-order valence-electron chi connectivity index (χ2n) is 6.88. The van der Waals surface area contributed by atoms with Crippen molar-refractivity contribution in [3.05, 3.63) is 0 Å². The van der Waals surface area contributed by atoms with E-state index >= 15 is 0 Å². The standard InChI is InChI=1S/C15H29NO/c1-15(2)9-4-3-8-14(15)16-11-12-6-5-7-13(17)10-12/h12-14,16-17H,3-11H2,1-2H3. The van der Waals surface area contributed by atoms with Crippen molar-refractivity contribution in [2.75, 3.05) is 6.54 Å². The third kappa shape index (κ3) is 3.69. The minimum atomic E-state index is -0.0325. The number of nitrogens with one attached hydrogen (secondary N) is 1. The fourth-order valence-corrected chi connectivity index (χ4v) is 3.63. The summed E-state index contributed by atoms with van der Waals surface area (Å²) in [5.74, 6) is 0.705. The van der Waals surface area contributed by atoms with Gasteiger partial charge >= 0.3 is 0 Å². The largest absolute Gasteiger partial charge is 0.393 e. The molecule has 0 aromatic heterocycles. The first-order chi connectivity index (χ1) is 8.08. The lowest BCUT2D eigenvalue weighted by molar-refractivity contribution is 0.0930. The maximum Gasteiger partial charge on any atom is 0.0543 e. The molecule has 2 heteroatoms. The molecule has 2 rings (SSSR count). The molecule has 0 heterocycles. The molecule has 2 saturated carbocycles. The zero-order valence-corrected chi connectivity index (χ0v) is 11.5. The molecule has 2 fully saturated rings. The molecular formula is C15H29NO. The van der Waals surface area contributed by atoms with Crippen LogP contribution in [0.4, 0.5) is 0 Å². The maximum atomic E-state index is 9.69. The van der Waals surface area contributed by atoms with Gasteiger partial charge in [0, 0.05) is 6.04 Å². The van der Waals surface area contributed by atoms with Gasteiger partial charge in [0.15, 0.2) is 0 Å². The molecular weight excluding hydrogens is 210 g/mol. The quantitative estimate of drug-likeness (QED) is 0.793. The molecule has 0 radical (unpaired) electrons. The highest BCUT2D eigenvalue weighted by Crippen LogP contribution is 2.35. The Morgan fingerprint density at radius 3 is 2.65 bits per heavy atom. The summed E-state index contributed by atoms with van der Waals surface area (Å²) in [5, 5.41) is 13.5. The van der Waals surface area contributed by atoms with E-state index in [2.05, 4.69) is 19.2 Å². The smallest absolute Gasteiger partial charge is 0.0543 e. The van der Waals surface area contributed by atoms with E-state index in [0.29, 0.717) is 17.4 Å². The van der Waals surface area contributed by atoms with Crippen LogP contribution in [0.3, 0.4) is 0 Å². The minimum absolute atomic E-state index is 0.0325. The van der Waals surface area contributed by atoms with Gasteiger partial charge in [-0.15, -0.1) is 0 Å². The SMILES string of the molecule is CC1(C)CCCCC1NCC1CCCC(O)C1. The summed E-state index contributed by atoms with van der Waals surface area (Å²) >= 11 is 0. The fraction of sp³-hybridized carbons (Fsp3) is 1.00. The first-order valence-corrected chi connectivity index (χ1v) is 7.49. The van der Waals surface area contributed by atoms with Gasteiger partial charge in [-0.3, -0.25) is 0 Å². The zero-order chi connectivity index (χ0) is 12.3. The van der Waals surface area contributed by atoms with E-state index in [0.717, 1.165) is 19.4 Å². The van der Waals surface area contributed by atoms with Crippen LogP contribution in [0.15, 0.2) is 0 Å². The van der Waals surface area contributed by atoms with Crippen LogP contribution >= 0.6 is 0 Å². The molecule has 0 aromatic rings. The summed E-state index contributed by atoms with van der Waals surface area (Å²) in [7, 11) is 0. The zero-order valence-electron chi connectivity index (χ0n) is 11.5. The van der Waals surface area contributed by atoms with Gasteiger partial charge in [-0.1, -0.05) is 33.1 Å². The van der Waals surface area contributed by atoms with Crippen LogP contribution < -0.4 is 5.32 Å². The van der Waals surface area contributed by atoms with Gasteiger partial charge in [0.05, 0.1) is 6.10 Å². The van der Waals surface area contributed by atoms with Crippen LogP contribution in [0, 0.1) is 11.3 Å². The number of hydrogen-bond donors (Lipinski definition) is 2. The van der Waals surface area contributed by atoms with Gasteiger partial charge in [-0.05, 0) is 50.0 Å². The summed E-state index contributed by atoms with van der Waals surface area (Å²) in [5.41, 5.74) is 0.464. The Morgan fingerprint density at radius 1 is 1.12 bits per heavy atom. The molecule has 100 valence electrons. The molecule has 17 heavy (non-hydrogen) atoms. The predicted octanol–water partition coefficient (Wildman–Crippen LogP) is 3.10. The van der Waals surface area contributed by atoms with E-state index in [1.54, 1.807) is 0 Å². The highest BCUT2D eigenvalue weighted by Gasteiger charge is 2.32. The Kier molecular flexibility index (Phi) is 4.48. The molecule has 0 saturated heterocycles. The van der Waals surface area contributed by atoms with E-state index < -0.39 is 0 Å². The van der Waals surface area contributed by atoms with Gasteiger partial charge in [-0.2, -0.15) is 0 Å². The first-order valence-electron chi connectivity index (χ1n) is 7.49. The van der Waals surface area contributed by atoms with Gasteiger partial charge in [0.1, 0.15) is 0 Å². The Hall–Kier alpha value is -0.0800. The predicted molar refractivity (Wildman–Crippen MR) is 72.0 cm³/mol. The van der Waals surface area contributed by atoms with Gasteiger partial charge in [0.25, 0.3) is 0 Å². The Balaban J connectivity index is 1.76. The second-order valence-corrected chi connectivity index (χ2v) is 6.88. The molecule has 0 spiro atoms. The van der Waals surface area contributed by atoms with Crippen molar-refractivity contribution in [2.24, 2.45) is 11.3 Å². The summed E-state index contributed by atoms with van der Waals surface area (Å²) in [6.07, 6.45) is 9.99. The van der Waals surface area contributed by atoms with Crippen molar-refractivity contribution in [2.45, 2.75) is 77.4 Å². The van der Waals surface area contributed by atoms with Crippen molar-refractivity contribution in [3.8, 4) is 0 Å². The average Bonchev–Trinajstić information content (AvgIpc) is 2.27. The fourth-order valence-electron chi connectivity index (χ4n) is 3.63. The third-order valence-corrected chi connectivity index (χ3v) is 4.92. The summed E-state index contributed by atoms with van der Waals surface area (Å²) in [6.45, 7) is 5.92. The molecule has 2 nitrogen and oxygen atoms in total.